The van der Waals surface area contributed by atoms with Crippen LogP contribution in [0.1, 0.15) is 25.0 Å². The number of anilines is 2. The van der Waals surface area contributed by atoms with Crippen LogP contribution in [-0.4, -0.2) is 5.75 Å². The van der Waals surface area contributed by atoms with Gasteiger partial charge in [0.15, 0.2) is 11.6 Å². The van der Waals surface area contributed by atoms with Gasteiger partial charge in [0.05, 0.1) is 10.6 Å². The van der Waals surface area contributed by atoms with Crippen LogP contribution < -0.4 is 5.32 Å². The van der Waals surface area contributed by atoms with Gasteiger partial charge in [0, 0.05) is 11.4 Å². The second kappa shape index (κ2) is 7.81. The number of nitrogens with zero attached hydrogens (tertiary/aromatic N) is 2. The topological polar surface area (TPSA) is 59.6 Å². The number of rotatable bonds is 5. The van der Waals surface area contributed by atoms with Gasteiger partial charge in [-0.2, -0.15) is 10.5 Å². The normalized spacial score (nSPS) is 10.3. The van der Waals surface area contributed by atoms with Gasteiger partial charge in [-0.3, -0.25) is 0 Å². The zero-order valence-electron chi connectivity index (χ0n) is 13.2. The fraction of sp³-hybridized carbons (Fsp3) is 0.222. The molecule has 122 valence electrons. The van der Waals surface area contributed by atoms with Crippen molar-refractivity contribution in [1.29, 1.82) is 10.5 Å². The fourth-order valence-corrected chi connectivity index (χ4v) is 3.05. The summed E-state index contributed by atoms with van der Waals surface area (Å²) in [4.78, 5) is 0.0144. The molecule has 0 aliphatic rings. The number of thioether (sulfide) groups is 1. The largest absolute Gasteiger partial charge is 0.352 e. The Labute approximate surface area is 143 Å². The Morgan fingerprint density at radius 1 is 1.04 bits per heavy atom. The highest BCUT2D eigenvalue weighted by molar-refractivity contribution is 7.99. The molecule has 0 atom stereocenters. The first kappa shape index (κ1) is 17.8. The molecule has 0 saturated heterocycles. The van der Waals surface area contributed by atoms with Crippen LogP contribution in [0, 0.1) is 40.2 Å². The van der Waals surface area contributed by atoms with E-state index in [2.05, 4.69) is 5.32 Å². The van der Waals surface area contributed by atoms with E-state index < -0.39 is 22.8 Å². The zero-order valence-corrected chi connectivity index (χ0v) is 14.0. The smallest absolute Gasteiger partial charge is 0.167 e. The van der Waals surface area contributed by atoms with Crippen molar-refractivity contribution >= 4 is 23.1 Å². The average Bonchev–Trinajstić information content (AvgIpc) is 2.57. The van der Waals surface area contributed by atoms with Crippen molar-refractivity contribution in [2.75, 3.05) is 11.1 Å². The lowest BCUT2D eigenvalue weighted by atomic mass is 10.1. The van der Waals surface area contributed by atoms with Crippen molar-refractivity contribution in [3.05, 3.63) is 53.1 Å². The van der Waals surface area contributed by atoms with E-state index in [1.54, 1.807) is 42.5 Å². The lowest BCUT2D eigenvalue weighted by Gasteiger charge is -2.16. The third-order valence-electron chi connectivity index (χ3n) is 3.16. The molecule has 0 spiro atoms. The molecule has 2 aromatic rings. The highest BCUT2D eigenvalue weighted by Crippen LogP contribution is 2.39. The van der Waals surface area contributed by atoms with Crippen molar-refractivity contribution in [2.24, 2.45) is 5.92 Å². The first-order valence-electron chi connectivity index (χ1n) is 7.29. The van der Waals surface area contributed by atoms with Crippen LogP contribution in [-0.2, 0) is 0 Å². The quantitative estimate of drug-likeness (QED) is 0.758. The number of halogens is 2. The number of hydrogen-bond acceptors (Lipinski definition) is 4. The second-order valence-corrected chi connectivity index (χ2v) is 6.53. The molecule has 0 heterocycles. The van der Waals surface area contributed by atoms with Gasteiger partial charge in [0.25, 0.3) is 0 Å². The van der Waals surface area contributed by atoms with E-state index in [0.717, 1.165) is 11.8 Å². The molecule has 0 fully saturated rings. The highest BCUT2D eigenvalue weighted by atomic mass is 32.2. The van der Waals surface area contributed by atoms with Gasteiger partial charge in [-0.1, -0.05) is 32.0 Å². The van der Waals surface area contributed by atoms with Crippen LogP contribution in [0.5, 0.6) is 0 Å². The van der Waals surface area contributed by atoms with Gasteiger partial charge in [0.1, 0.15) is 23.3 Å². The summed E-state index contributed by atoms with van der Waals surface area (Å²) in [5.74, 6) is -0.968. The third-order valence-corrected chi connectivity index (χ3v) is 4.67. The van der Waals surface area contributed by atoms with Crippen LogP contribution in [0.3, 0.4) is 0 Å². The van der Waals surface area contributed by atoms with E-state index in [1.165, 1.54) is 0 Å². The highest BCUT2D eigenvalue weighted by Gasteiger charge is 2.25. The molecule has 0 aliphatic heterocycles. The Balaban J connectivity index is 2.63. The van der Waals surface area contributed by atoms with Crippen LogP contribution in [0.4, 0.5) is 20.2 Å². The molecule has 0 radical (unpaired) electrons. The first-order valence-corrected chi connectivity index (χ1v) is 8.28. The SMILES string of the molecule is CC(C)CSc1c(F)c(C#N)c(C#N)c(F)c1Nc1ccccc1. The van der Waals surface area contributed by atoms with Crippen molar-refractivity contribution in [3.8, 4) is 12.1 Å². The summed E-state index contributed by atoms with van der Waals surface area (Å²) >= 11 is 1.13. The molecule has 1 N–H and O–H groups in total. The summed E-state index contributed by atoms with van der Waals surface area (Å²) in [5, 5.41) is 21.0. The van der Waals surface area contributed by atoms with Gasteiger partial charge in [-0.25, -0.2) is 8.78 Å². The van der Waals surface area contributed by atoms with E-state index in [-0.39, 0.29) is 16.5 Å². The summed E-state index contributed by atoms with van der Waals surface area (Å²) in [7, 11) is 0. The molecule has 2 rings (SSSR count). The molecule has 24 heavy (non-hydrogen) atoms. The standard InChI is InChI=1S/C18H15F2N3S/c1-11(2)10-24-18-16(20)14(9-22)13(8-21)15(19)17(18)23-12-6-4-3-5-7-12/h3-7,11,23H,10H2,1-2H3. The van der Waals surface area contributed by atoms with Gasteiger partial charge in [0.2, 0.25) is 0 Å². The molecule has 2 aromatic carbocycles. The lowest BCUT2D eigenvalue weighted by molar-refractivity contribution is 0.574. The summed E-state index contributed by atoms with van der Waals surface area (Å²) in [6, 6.07) is 11.9. The maximum atomic E-state index is 14.8. The Bertz CT molecular complexity index is 821. The number of nitrogens with one attached hydrogen (secondary N) is 1. The second-order valence-electron chi connectivity index (χ2n) is 5.50. The number of nitriles is 2. The molecule has 0 aromatic heterocycles. The molecule has 6 heteroatoms. The van der Waals surface area contributed by atoms with Gasteiger partial charge < -0.3 is 5.32 Å². The van der Waals surface area contributed by atoms with Crippen LogP contribution in [0.2, 0.25) is 0 Å². The van der Waals surface area contributed by atoms with Crippen molar-refractivity contribution < 1.29 is 8.78 Å². The van der Waals surface area contributed by atoms with Crippen LogP contribution in [0.25, 0.3) is 0 Å². The van der Waals surface area contributed by atoms with E-state index in [0.29, 0.717) is 11.4 Å². The minimum atomic E-state index is -0.912. The first-order chi connectivity index (χ1) is 11.5. The summed E-state index contributed by atoms with van der Waals surface area (Å²) in [6.07, 6.45) is 0. The fourth-order valence-electron chi connectivity index (χ4n) is 2.04. The van der Waals surface area contributed by atoms with Crippen LogP contribution in [0.15, 0.2) is 35.2 Å². The number of para-hydroxylation sites is 1. The van der Waals surface area contributed by atoms with E-state index in [1.807, 2.05) is 13.8 Å². The van der Waals surface area contributed by atoms with Gasteiger partial charge in [-0.15, -0.1) is 11.8 Å². The average molecular weight is 343 g/mol. The zero-order chi connectivity index (χ0) is 17.7. The van der Waals surface area contributed by atoms with E-state index in [9.17, 15) is 8.78 Å². The maximum absolute atomic E-state index is 14.8. The maximum Gasteiger partial charge on any atom is 0.167 e. The number of benzene rings is 2. The minimum Gasteiger partial charge on any atom is -0.352 e. The molecule has 0 bridgehead atoms. The Hall–Kier alpha value is -2.57. The minimum absolute atomic E-state index is 0.0144. The van der Waals surface area contributed by atoms with Crippen molar-refractivity contribution in [1.82, 2.24) is 0 Å². The molecule has 0 saturated carbocycles. The van der Waals surface area contributed by atoms with Crippen molar-refractivity contribution in [3.63, 3.8) is 0 Å². The van der Waals surface area contributed by atoms with Crippen LogP contribution >= 0.6 is 11.8 Å². The predicted octanol–water partition coefficient (Wildman–Crippen LogP) is 5.20. The number of hydrogen-bond donors (Lipinski definition) is 1. The Morgan fingerprint density at radius 2 is 1.62 bits per heavy atom. The monoisotopic (exact) mass is 343 g/mol. The van der Waals surface area contributed by atoms with Crippen molar-refractivity contribution in [2.45, 2.75) is 18.7 Å². The van der Waals surface area contributed by atoms with E-state index in [4.69, 9.17) is 10.5 Å². The van der Waals surface area contributed by atoms with E-state index >= 15 is 0 Å². The molecule has 0 unspecified atom stereocenters. The summed E-state index contributed by atoms with van der Waals surface area (Å²) in [6.45, 7) is 3.92. The molecular formula is C18H15F2N3S. The molecule has 0 amide bonds. The summed E-state index contributed by atoms with van der Waals surface area (Å²) < 4.78 is 29.5. The predicted molar refractivity (Wildman–Crippen MR) is 91.1 cm³/mol. The Morgan fingerprint density at radius 3 is 2.17 bits per heavy atom. The van der Waals surface area contributed by atoms with Gasteiger partial charge in [-0.05, 0) is 18.1 Å². The molecule has 3 nitrogen and oxygen atoms in total. The Kier molecular flexibility index (Phi) is 5.78. The molecule has 0 aliphatic carbocycles. The summed E-state index contributed by atoms with van der Waals surface area (Å²) in [5.41, 5.74) is -0.683. The molecular weight excluding hydrogens is 328 g/mol. The lowest BCUT2D eigenvalue weighted by Crippen LogP contribution is -2.06. The third kappa shape index (κ3) is 3.67. The van der Waals surface area contributed by atoms with Gasteiger partial charge >= 0.3 is 0 Å².